The number of amides is 1. The highest BCUT2D eigenvalue weighted by Gasteiger charge is 2.26. The van der Waals surface area contributed by atoms with Crippen molar-refractivity contribution in [3.8, 4) is 5.75 Å². The molecule has 1 N–H and O–H groups in total. The standard InChI is InChI=1S/C19H24N4O2/c1-15(19(24)21-16-7-3-4-8-17(16)25-2)22-11-13-23(14-12-22)18-9-5-6-10-20-18/h3-10,15H,11-14H2,1-2H3,(H,21,24)/t15-/m1/s1. The van der Waals surface area contributed by atoms with E-state index in [9.17, 15) is 4.79 Å². The van der Waals surface area contributed by atoms with Crippen molar-refractivity contribution in [3.63, 3.8) is 0 Å². The molecule has 6 nitrogen and oxygen atoms in total. The summed E-state index contributed by atoms with van der Waals surface area (Å²) in [5.74, 6) is 1.65. The number of benzene rings is 1. The zero-order valence-electron chi connectivity index (χ0n) is 14.7. The number of rotatable bonds is 5. The Kier molecular flexibility index (Phi) is 5.50. The quantitative estimate of drug-likeness (QED) is 0.905. The molecule has 6 heteroatoms. The summed E-state index contributed by atoms with van der Waals surface area (Å²) in [4.78, 5) is 21.4. The first kappa shape index (κ1) is 17.2. The van der Waals surface area contributed by atoms with Gasteiger partial charge in [-0.15, -0.1) is 0 Å². The number of nitrogens with zero attached hydrogens (tertiary/aromatic N) is 3. The van der Waals surface area contributed by atoms with Gasteiger partial charge in [0.15, 0.2) is 0 Å². The van der Waals surface area contributed by atoms with Crippen molar-refractivity contribution in [1.82, 2.24) is 9.88 Å². The van der Waals surface area contributed by atoms with Crippen molar-refractivity contribution in [1.29, 1.82) is 0 Å². The maximum atomic E-state index is 12.6. The second-order valence-corrected chi connectivity index (χ2v) is 6.08. The van der Waals surface area contributed by atoms with E-state index in [0.29, 0.717) is 11.4 Å². The second kappa shape index (κ2) is 7.98. The lowest BCUT2D eigenvalue weighted by Gasteiger charge is -2.38. The summed E-state index contributed by atoms with van der Waals surface area (Å²) in [6.07, 6.45) is 1.81. The molecule has 0 aliphatic carbocycles. The molecule has 3 rings (SSSR count). The predicted octanol–water partition coefficient (Wildman–Crippen LogP) is 2.24. The van der Waals surface area contributed by atoms with Crippen LogP contribution in [-0.2, 0) is 4.79 Å². The minimum absolute atomic E-state index is 0.0178. The molecule has 25 heavy (non-hydrogen) atoms. The lowest BCUT2D eigenvalue weighted by atomic mass is 10.2. The van der Waals surface area contributed by atoms with E-state index in [1.54, 1.807) is 7.11 Å². The zero-order valence-corrected chi connectivity index (χ0v) is 14.7. The molecule has 0 spiro atoms. The number of aromatic nitrogens is 1. The van der Waals surface area contributed by atoms with E-state index in [4.69, 9.17) is 4.74 Å². The Hall–Kier alpha value is -2.60. The number of ether oxygens (including phenoxy) is 1. The number of para-hydroxylation sites is 2. The van der Waals surface area contributed by atoms with Gasteiger partial charge < -0.3 is 15.0 Å². The van der Waals surface area contributed by atoms with Crippen molar-refractivity contribution < 1.29 is 9.53 Å². The van der Waals surface area contributed by atoms with Gasteiger partial charge in [-0.3, -0.25) is 9.69 Å². The van der Waals surface area contributed by atoms with Crippen LogP contribution in [0.25, 0.3) is 0 Å². The number of carbonyl (C=O) groups excluding carboxylic acids is 1. The number of methoxy groups -OCH3 is 1. The summed E-state index contributed by atoms with van der Waals surface area (Å²) in [5.41, 5.74) is 0.703. The molecule has 2 heterocycles. The summed E-state index contributed by atoms with van der Waals surface area (Å²) in [7, 11) is 1.60. The molecular formula is C19H24N4O2. The molecule has 1 aromatic carbocycles. The minimum Gasteiger partial charge on any atom is -0.495 e. The molecule has 132 valence electrons. The molecule has 1 saturated heterocycles. The fourth-order valence-corrected chi connectivity index (χ4v) is 3.03. The van der Waals surface area contributed by atoms with Crippen LogP contribution in [0, 0.1) is 0 Å². The van der Waals surface area contributed by atoms with Gasteiger partial charge in [0, 0.05) is 32.4 Å². The van der Waals surface area contributed by atoms with Gasteiger partial charge in [-0.1, -0.05) is 18.2 Å². The Morgan fingerprint density at radius 2 is 1.84 bits per heavy atom. The van der Waals surface area contributed by atoms with Crippen LogP contribution in [0.5, 0.6) is 5.75 Å². The Labute approximate surface area is 148 Å². The topological polar surface area (TPSA) is 57.7 Å². The van der Waals surface area contributed by atoms with Gasteiger partial charge in [0.25, 0.3) is 0 Å². The largest absolute Gasteiger partial charge is 0.495 e. The molecule has 0 radical (unpaired) electrons. The Balaban J connectivity index is 1.57. The smallest absolute Gasteiger partial charge is 0.241 e. The lowest BCUT2D eigenvalue weighted by Crippen LogP contribution is -2.53. The van der Waals surface area contributed by atoms with E-state index in [2.05, 4.69) is 20.1 Å². The third kappa shape index (κ3) is 4.09. The average Bonchev–Trinajstić information content (AvgIpc) is 2.68. The monoisotopic (exact) mass is 340 g/mol. The molecule has 1 aliphatic heterocycles. The van der Waals surface area contributed by atoms with Crippen molar-refractivity contribution >= 4 is 17.4 Å². The van der Waals surface area contributed by atoms with Crippen LogP contribution in [0.1, 0.15) is 6.92 Å². The van der Waals surface area contributed by atoms with Crippen LogP contribution in [0.15, 0.2) is 48.7 Å². The van der Waals surface area contributed by atoms with Gasteiger partial charge in [0.05, 0.1) is 18.8 Å². The molecule has 1 aromatic heterocycles. The maximum Gasteiger partial charge on any atom is 0.241 e. The van der Waals surface area contributed by atoms with Crippen LogP contribution < -0.4 is 15.0 Å². The van der Waals surface area contributed by atoms with E-state index in [1.807, 2.05) is 55.6 Å². The highest BCUT2D eigenvalue weighted by Crippen LogP contribution is 2.23. The fourth-order valence-electron chi connectivity index (χ4n) is 3.03. The highest BCUT2D eigenvalue weighted by atomic mass is 16.5. The Morgan fingerprint density at radius 3 is 2.52 bits per heavy atom. The fraction of sp³-hybridized carbons (Fsp3) is 0.368. The highest BCUT2D eigenvalue weighted by molar-refractivity contribution is 5.95. The molecular weight excluding hydrogens is 316 g/mol. The maximum absolute atomic E-state index is 12.6. The second-order valence-electron chi connectivity index (χ2n) is 6.08. The molecule has 2 aromatic rings. The van der Waals surface area contributed by atoms with Crippen LogP contribution in [0.4, 0.5) is 11.5 Å². The Bertz CT molecular complexity index is 700. The third-order valence-electron chi connectivity index (χ3n) is 4.58. The van der Waals surface area contributed by atoms with Gasteiger partial charge in [0.2, 0.25) is 5.91 Å². The van der Waals surface area contributed by atoms with Gasteiger partial charge >= 0.3 is 0 Å². The number of hydrogen-bond acceptors (Lipinski definition) is 5. The number of carbonyl (C=O) groups is 1. The number of piperazine rings is 1. The van der Waals surface area contributed by atoms with Gasteiger partial charge in [-0.25, -0.2) is 4.98 Å². The number of nitrogens with one attached hydrogen (secondary N) is 1. The Morgan fingerprint density at radius 1 is 1.12 bits per heavy atom. The van der Waals surface area contributed by atoms with Gasteiger partial charge in [0.1, 0.15) is 11.6 Å². The third-order valence-corrected chi connectivity index (χ3v) is 4.58. The summed E-state index contributed by atoms with van der Waals surface area (Å²) < 4.78 is 5.29. The van der Waals surface area contributed by atoms with Crippen LogP contribution in [0.2, 0.25) is 0 Å². The van der Waals surface area contributed by atoms with Gasteiger partial charge in [-0.05, 0) is 31.2 Å². The van der Waals surface area contributed by atoms with Crippen molar-refractivity contribution in [2.45, 2.75) is 13.0 Å². The first-order valence-corrected chi connectivity index (χ1v) is 8.53. The average molecular weight is 340 g/mol. The summed E-state index contributed by atoms with van der Waals surface area (Å²) in [6.45, 7) is 5.34. The van der Waals surface area contributed by atoms with E-state index < -0.39 is 0 Å². The van der Waals surface area contributed by atoms with E-state index in [-0.39, 0.29) is 11.9 Å². The first-order valence-electron chi connectivity index (χ1n) is 8.53. The summed E-state index contributed by atoms with van der Waals surface area (Å²) >= 11 is 0. The van der Waals surface area contributed by atoms with E-state index in [0.717, 1.165) is 32.0 Å². The lowest BCUT2D eigenvalue weighted by molar-refractivity contribution is -0.120. The van der Waals surface area contributed by atoms with Crippen molar-refractivity contribution in [2.24, 2.45) is 0 Å². The summed E-state index contributed by atoms with van der Waals surface area (Å²) in [6, 6.07) is 13.2. The SMILES string of the molecule is COc1ccccc1NC(=O)[C@@H](C)N1CCN(c2ccccn2)CC1. The minimum atomic E-state index is -0.198. The molecule has 0 bridgehead atoms. The molecule has 0 unspecified atom stereocenters. The molecule has 1 fully saturated rings. The predicted molar refractivity (Wildman–Crippen MR) is 99.1 cm³/mol. The molecule has 1 aliphatic rings. The van der Waals surface area contributed by atoms with E-state index in [1.165, 1.54) is 0 Å². The van der Waals surface area contributed by atoms with Crippen LogP contribution in [0.3, 0.4) is 0 Å². The number of anilines is 2. The number of hydrogen-bond donors (Lipinski definition) is 1. The summed E-state index contributed by atoms with van der Waals surface area (Å²) in [5, 5.41) is 2.97. The molecule has 1 amide bonds. The first-order chi connectivity index (χ1) is 12.2. The van der Waals surface area contributed by atoms with Gasteiger partial charge in [-0.2, -0.15) is 0 Å². The van der Waals surface area contributed by atoms with Crippen molar-refractivity contribution in [2.75, 3.05) is 43.5 Å². The van der Waals surface area contributed by atoms with Crippen LogP contribution >= 0.6 is 0 Å². The number of pyridine rings is 1. The zero-order chi connectivity index (χ0) is 17.6. The van der Waals surface area contributed by atoms with E-state index >= 15 is 0 Å². The van der Waals surface area contributed by atoms with Crippen LogP contribution in [-0.4, -0.2) is 55.1 Å². The normalized spacial score (nSPS) is 16.3. The molecule has 0 saturated carbocycles. The van der Waals surface area contributed by atoms with Crippen molar-refractivity contribution in [3.05, 3.63) is 48.7 Å². The molecule has 1 atom stereocenters.